The lowest BCUT2D eigenvalue weighted by molar-refractivity contribution is 0.112. The number of urea groups is 1. The number of nitrogens with two attached hydrogens (primary N) is 1. The Hall–Kier alpha value is -5.71. The number of aryl methyl sites for hydroxylation is 2. The Morgan fingerprint density at radius 3 is 1.80 bits per heavy atom. The number of carbonyl (C=O) groups is 2. The van der Waals surface area contributed by atoms with E-state index in [1.54, 1.807) is 37.3 Å². The van der Waals surface area contributed by atoms with E-state index in [-0.39, 0.29) is 0 Å². The van der Waals surface area contributed by atoms with Crippen molar-refractivity contribution in [2.75, 3.05) is 0 Å². The van der Waals surface area contributed by atoms with Crippen LogP contribution >= 0.6 is 0 Å². The van der Waals surface area contributed by atoms with Crippen molar-refractivity contribution in [3.8, 4) is 22.8 Å². The molecule has 2 aromatic carbocycles. The van der Waals surface area contributed by atoms with Gasteiger partial charge in [-0.15, -0.1) is 0 Å². The van der Waals surface area contributed by atoms with Gasteiger partial charge in [-0.3, -0.25) is 4.79 Å². The third kappa shape index (κ3) is 5.43. The first-order valence-electron chi connectivity index (χ1n) is 12.2. The Bertz CT molecular complexity index is 1870. The van der Waals surface area contributed by atoms with Crippen LogP contribution in [0.5, 0.6) is 0 Å². The van der Waals surface area contributed by atoms with Gasteiger partial charge >= 0.3 is 6.03 Å². The quantitative estimate of drug-likeness (QED) is 0.195. The molecule has 0 bridgehead atoms. The molecule has 0 aliphatic carbocycles. The second-order valence-electron chi connectivity index (χ2n) is 8.86. The molecule has 0 atom stereocenters. The van der Waals surface area contributed by atoms with E-state index in [4.69, 9.17) is 5.73 Å². The molecule has 11 heteroatoms. The summed E-state index contributed by atoms with van der Waals surface area (Å²) in [6.45, 7) is 0. The predicted octanol–water partition coefficient (Wildman–Crippen LogP) is 4.09. The fraction of sp³-hybridized carbons (Fsp3) is 0.0690. The number of imidazole rings is 2. The number of hydrogen-bond donors (Lipinski definition) is 2. The zero-order valence-electron chi connectivity index (χ0n) is 21.8. The van der Waals surface area contributed by atoms with E-state index in [1.165, 1.54) is 0 Å². The number of para-hydroxylation sites is 2. The number of hydrazone groups is 1. The van der Waals surface area contributed by atoms with Gasteiger partial charge in [0.1, 0.15) is 0 Å². The van der Waals surface area contributed by atoms with Crippen LogP contribution in [0, 0.1) is 0 Å². The van der Waals surface area contributed by atoms with Crippen LogP contribution in [0.2, 0.25) is 0 Å². The Morgan fingerprint density at radius 1 is 0.825 bits per heavy atom. The van der Waals surface area contributed by atoms with Crippen LogP contribution < -0.4 is 11.2 Å². The van der Waals surface area contributed by atoms with Crippen LogP contribution in [0.1, 0.15) is 15.9 Å². The average molecular weight is 532 g/mol. The maximum absolute atomic E-state index is 11.2. The summed E-state index contributed by atoms with van der Waals surface area (Å²) in [5.74, 6) is 0. The Labute approximate surface area is 229 Å². The molecule has 6 rings (SSSR count). The van der Waals surface area contributed by atoms with Gasteiger partial charge in [-0.25, -0.2) is 30.2 Å². The number of carbonyl (C=O) groups excluding carboxylic acids is 2. The first-order chi connectivity index (χ1) is 19.4. The predicted molar refractivity (Wildman–Crippen MR) is 154 cm³/mol. The highest BCUT2D eigenvalue weighted by molar-refractivity contribution is 6.00. The van der Waals surface area contributed by atoms with Crippen molar-refractivity contribution in [3.63, 3.8) is 0 Å². The molecule has 0 saturated heterocycles. The van der Waals surface area contributed by atoms with E-state index in [0.717, 1.165) is 56.4 Å². The Kier molecular flexibility index (Phi) is 7.36. The summed E-state index contributed by atoms with van der Waals surface area (Å²) in [5.41, 5.74) is 13.7. The average Bonchev–Trinajstić information content (AvgIpc) is 3.60. The minimum atomic E-state index is -0.707. The highest BCUT2D eigenvalue weighted by Gasteiger charge is 2.10. The number of nitrogens with one attached hydrogen (secondary N) is 1. The molecule has 0 radical (unpaired) electrons. The largest absolute Gasteiger partial charge is 0.350 e. The third-order valence-electron chi connectivity index (χ3n) is 6.16. The number of benzene rings is 2. The number of pyridine rings is 2. The summed E-state index contributed by atoms with van der Waals surface area (Å²) in [7, 11) is 3.81. The molecule has 4 heterocycles. The molecule has 198 valence electrons. The van der Waals surface area contributed by atoms with Gasteiger partial charge in [0, 0.05) is 36.0 Å². The molecule has 0 saturated carbocycles. The van der Waals surface area contributed by atoms with Gasteiger partial charge in [0.05, 0.1) is 65.1 Å². The lowest BCUT2D eigenvalue weighted by atomic mass is 10.1. The second kappa shape index (κ2) is 11.4. The van der Waals surface area contributed by atoms with E-state index in [1.807, 2.05) is 77.8 Å². The number of amides is 2. The molecular weight excluding hydrogens is 506 g/mol. The molecule has 11 nitrogen and oxygen atoms in total. The van der Waals surface area contributed by atoms with Crippen LogP contribution in [0.25, 0.3) is 44.6 Å². The smallest absolute Gasteiger partial charge is 0.332 e. The normalized spacial score (nSPS) is 10.9. The first kappa shape index (κ1) is 25.9. The molecule has 0 aliphatic heterocycles. The summed E-state index contributed by atoms with van der Waals surface area (Å²) in [6, 6.07) is 18.3. The number of aldehydes is 1. The Balaban J connectivity index is 0.000000164. The standard InChI is InChI=1S/C15H14N6O.C14H11N3O/c1-21-9-17-8-14(21)13-6-10(7-18-20-15(16)22)11-4-2-3-5-12(11)19-13;1-17-9-15-7-14(17)13-6-10(8-18)11-4-2-3-5-12(11)16-13/h2-9H,1H3,(H3,16,20,22);2-9H,1H3/b18-7+;. The van der Waals surface area contributed by atoms with Crippen molar-refractivity contribution in [2.45, 2.75) is 0 Å². The fourth-order valence-corrected chi connectivity index (χ4v) is 4.24. The highest BCUT2D eigenvalue weighted by Crippen LogP contribution is 2.24. The van der Waals surface area contributed by atoms with E-state index in [0.29, 0.717) is 5.56 Å². The van der Waals surface area contributed by atoms with Gasteiger partial charge in [-0.2, -0.15) is 5.10 Å². The summed E-state index contributed by atoms with van der Waals surface area (Å²) in [4.78, 5) is 39.3. The lowest BCUT2D eigenvalue weighted by Crippen LogP contribution is -2.24. The van der Waals surface area contributed by atoms with Crippen LogP contribution in [-0.4, -0.2) is 47.6 Å². The molecule has 0 aliphatic rings. The van der Waals surface area contributed by atoms with E-state index < -0.39 is 6.03 Å². The summed E-state index contributed by atoms with van der Waals surface area (Å²) in [5, 5.41) is 5.64. The van der Waals surface area contributed by atoms with Crippen LogP contribution in [0.3, 0.4) is 0 Å². The van der Waals surface area contributed by atoms with Gasteiger partial charge in [0.25, 0.3) is 0 Å². The topological polar surface area (TPSA) is 146 Å². The zero-order chi connectivity index (χ0) is 28.1. The minimum Gasteiger partial charge on any atom is -0.350 e. The molecule has 0 unspecified atom stereocenters. The fourth-order valence-electron chi connectivity index (χ4n) is 4.24. The van der Waals surface area contributed by atoms with E-state index in [9.17, 15) is 9.59 Å². The Morgan fingerprint density at radius 2 is 1.32 bits per heavy atom. The van der Waals surface area contributed by atoms with Gasteiger partial charge in [-0.05, 0) is 24.3 Å². The molecule has 3 N–H and O–H groups in total. The molecular formula is C29H25N9O2. The summed E-state index contributed by atoms with van der Waals surface area (Å²) < 4.78 is 3.77. The van der Waals surface area contributed by atoms with Crippen molar-refractivity contribution in [3.05, 3.63) is 96.8 Å². The van der Waals surface area contributed by atoms with Crippen LogP contribution in [-0.2, 0) is 14.1 Å². The van der Waals surface area contributed by atoms with Gasteiger partial charge < -0.3 is 14.9 Å². The van der Waals surface area contributed by atoms with Crippen LogP contribution in [0.4, 0.5) is 4.79 Å². The zero-order valence-corrected chi connectivity index (χ0v) is 21.8. The van der Waals surface area contributed by atoms with Crippen LogP contribution in [0.15, 0.2) is 90.8 Å². The van der Waals surface area contributed by atoms with Crippen molar-refractivity contribution in [2.24, 2.45) is 24.9 Å². The van der Waals surface area contributed by atoms with Crippen molar-refractivity contribution >= 4 is 40.3 Å². The molecule has 2 amide bonds. The van der Waals surface area contributed by atoms with E-state index in [2.05, 4.69) is 30.5 Å². The molecule has 0 fully saturated rings. The molecule has 4 aromatic heterocycles. The minimum absolute atomic E-state index is 0.650. The van der Waals surface area contributed by atoms with Crippen molar-refractivity contribution < 1.29 is 9.59 Å². The van der Waals surface area contributed by atoms with Gasteiger partial charge in [0.2, 0.25) is 0 Å². The van der Waals surface area contributed by atoms with E-state index >= 15 is 0 Å². The summed E-state index contributed by atoms with van der Waals surface area (Å²) >= 11 is 0. The number of hydrogen-bond acceptors (Lipinski definition) is 7. The van der Waals surface area contributed by atoms with Crippen molar-refractivity contribution in [1.29, 1.82) is 0 Å². The number of aromatic nitrogens is 6. The SMILES string of the molecule is Cn1cncc1-c1cc(/C=N/NC(N)=O)c2ccccc2n1.Cn1cncc1-c1cc(C=O)c2ccccc2n1. The summed E-state index contributed by atoms with van der Waals surface area (Å²) in [6.07, 6.45) is 9.34. The maximum atomic E-state index is 11.2. The first-order valence-corrected chi connectivity index (χ1v) is 12.2. The number of rotatable bonds is 5. The number of fused-ring (bicyclic) bond motifs is 2. The number of primary amides is 1. The molecule has 0 spiro atoms. The maximum Gasteiger partial charge on any atom is 0.332 e. The second-order valence-corrected chi connectivity index (χ2v) is 8.86. The monoisotopic (exact) mass is 531 g/mol. The lowest BCUT2D eigenvalue weighted by Gasteiger charge is -2.07. The molecule has 40 heavy (non-hydrogen) atoms. The third-order valence-corrected chi connectivity index (χ3v) is 6.16. The molecule has 6 aromatic rings. The van der Waals surface area contributed by atoms with Crippen molar-refractivity contribution in [1.82, 2.24) is 34.5 Å². The van der Waals surface area contributed by atoms with Gasteiger partial charge in [0.15, 0.2) is 6.29 Å². The number of nitrogens with zero attached hydrogens (tertiary/aromatic N) is 7. The highest BCUT2D eigenvalue weighted by atomic mass is 16.2. The van der Waals surface area contributed by atoms with Gasteiger partial charge in [-0.1, -0.05) is 36.4 Å².